The number of pyridine rings is 1. The van der Waals surface area contributed by atoms with E-state index in [2.05, 4.69) is 209 Å². The molecule has 56 heavy (non-hydrogen) atoms. The van der Waals surface area contributed by atoms with E-state index in [0.717, 1.165) is 44.7 Å². The first-order valence-electron chi connectivity index (χ1n) is 19.2. The molecule has 12 rings (SSSR count). The van der Waals surface area contributed by atoms with Gasteiger partial charge in [-0.25, -0.2) is 4.98 Å². The van der Waals surface area contributed by atoms with Gasteiger partial charge < -0.3 is 9.13 Å². The van der Waals surface area contributed by atoms with E-state index in [-0.39, 0.29) is 0 Å². The minimum atomic E-state index is 0.993. The van der Waals surface area contributed by atoms with Crippen molar-refractivity contribution in [1.82, 2.24) is 14.1 Å². The predicted octanol–water partition coefficient (Wildman–Crippen LogP) is 14.1. The van der Waals surface area contributed by atoms with Crippen molar-refractivity contribution in [3.63, 3.8) is 0 Å². The van der Waals surface area contributed by atoms with Crippen molar-refractivity contribution in [3.8, 4) is 33.8 Å². The lowest BCUT2D eigenvalue weighted by molar-refractivity contribution is 1.13. The molecule has 0 saturated carbocycles. The maximum atomic E-state index is 5.36. The second kappa shape index (κ2) is 12.0. The van der Waals surface area contributed by atoms with Crippen LogP contribution in [0.1, 0.15) is 0 Å². The molecule has 0 N–H and O–H groups in total. The molecule has 0 saturated heterocycles. The molecule has 0 aliphatic carbocycles. The molecule has 3 heteroatoms. The normalized spacial score (nSPS) is 11.9. The van der Waals surface area contributed by atoms with E-state index in [9.17, 15) is 0 Å². The molecule has 0 aliphatic heterocycles. The van der Waals surface area contributed by atoms with E-state index in [1.165, 1.54) is 65.2 Å². The second-order valence-electron chi connectivity index (χ2n) is 14.7. The van der Waals surface area contributed by atoms with Gasteiger partial charge in [0.05, 0.1) is 33.3 Å². The Bertz CT molecular complexity index is 3290. The highest BCUT2D eigenvalue weighted by Gasteiger charge is 2.18. The number of hydrogen-bond donors (Lipinski definition) is 0. The van der Waals surface area contributed by atoms with Crippen LogP contribution in [0.4, 0.5) is 0 Å². The first kappa shape index (κ1) is 30.9. The molecule has 0 atom stereocenters. The zero-order chi connectivity index (χ0) is 36.7. The SMILES string of the molecule is c1cc(-c2cc(-n3c4ccccc4c4ccccc43)cc(-n3c4ccccc4c4ccccc43)c2)cc(-c2nc3ccccc3c3c2ccc2ccccc23)c1. The van der Waals surface area contributed by atoms with Crippen LogP contribution in [-0.2, 0) is 0 Å². The molecule has 3 nitrogen and oxygen atoms in total. The van der Waals surface area contributed by atoms with Gasteiger partial charge in [-0.2, -0.15) is 0 Å². The van der Waals surface area contributed by atoms with Crippen LogP contribution in [0.3, 0.4) is 0 Å². The molecule has 0 fully saturated rings. The Morgan fingerprint density at radius 1 is 0.304 bits per heavy atom. The van der Waals surface area contributed by atoms with Gasteiger partial charge in [0, 0.05) is 54.6 Å². The van der Waals surface area contributed by atoms with Crippen molar-refractivity contribution in [2.45, 2.75) is 0 Å². The largest absolute Gasteiger partial charge is 0.309 e. The van der Waals surface area contributed by atoms with Crippen molar-refractivity contribution in [3.05, 3.63) is 200 Å². The summed E-state index contributed by atoms with van der Waals surface area (Å²) >= 11 is 0. The predicted molar refractivity (Wildman–Crippen MR) is 236 cm³/mol. The topological polar surface area (TPSA) is 22.8 Å². The van der Waals surface area contributed by atoms with Crippen LogP contribution in [0.2, 0.25) is 0 Å². The number of aromatic nitrogens is 3. The van der Waals surface area contributed by atoms with Gasteiger partial charge in [0.2, 0.25) is 0 Å². The first-order chi connectivity index (χ1) is 27.8. The highest BCUT2D eigenvalue weighted by molar-refractivity contribution is 6.22. The highest BCUT2D eigenvalue weighted by atomic mass is 15.0. The first-order valence-corrected chi connectivity index (χ1v) is 19.2. The molecule has 3 aromatic heterocycles. The number of nitrogens with zero attached hydrogens (tertiary/aromatic N) is 3. The fourth-order valence-corrected chi connectivity index (χ4v) is 9.21. The second-order valence-corrected chi connectivity index (χ2v) is 14.7. The summed E-state index contributed by atoms with van der Waals surface area (Å²) in [5.74, 6) is 0. The molecule has 12 aromatic rings. The minimum absolute atomic E-state index is 0.993. The van der Waals surface area contributed by atoms with Gasteiger partial charge in [-0.05, 0) is 76.5 Å². The molecular weight excluding hydrogens is 679 g/mol. The van der Waals surface area contributed by atoms with E-state index in [4.69, 9.17) is 4.98 Å². The molecule has 0 aliphatic rings. The maximum absolute atomic E-state index is 5.36. The van der Waals surface area contributed by atoms with Crippen molar-refractivity contribution in [2.24, 2.45) is 0 Å². The van der Waals surface area contributed by atoms with Crippen molar-refractivity contribution >= 4 is 76.1 Å². The van der Waals surface area contributed by atoms with Gasteiger partial charge in [0.15, 0.2) is 0 Å². The Kier molecular flexibility index (Phi) is 6.63. The number of para-hydroxylation sites is 5. The van der Waals surface area contributed by atoms with Crippen LogP contribution >= 0.6 is 0 Å². The Morgan fingerprint density at radius 3 is 1.38 bits per heavy atom. The molecular formula is C53H33N3. The summed E-state index contributed by atoms with van der Waals surface area (Å²) < 4.78 is 4.86. The van der Waals surface area contributed by atoms with Crippen molar-refractivity contribution < 1.29 is 0 Å². The zero-order valence-corrected chi connectivity index (χ0v) is 30.4. The monoisotopic (exact) mass is 711 g/mol. The third kappa shape index (κ3) is 4.55. The standard InChI is InChI=1S/C53H33N3/c1-2-17-40-34(14-1)28-29-46-52(40)45-22-3-8-23-47(45)54-53(46)36-16-13-15-35(30-36)37-31-38(55-48-24-9-4-18-41(48)42-19-5-10-25-49(42)55)33-39(32-37)56-50-26-11-6-20-43(50)44-21-7-12-27-51(44)56/h1-33H. The van der Waals surface area contributed by atoms with Gasteiger partial charge in [-0.1, -0.05) is 146 Å². The van der Waals surface area contributed by atoms with Gasteiger partial charge in [0.25, 0.3) is 0 Å². The summed E-state index contributed by atoms with van der Waals surface area (Å²) in [6, 6.07) is 72.7. The van der Waals surface area contributed by atoms with Crippen LogP contribution in [0.15, 0.2) is 200 Å². The fourth-order valence-electron chi connectivity index (χ4n) is 9.21. The molecule has 0 radical (unpaired) electrons. The number of rotatable bonds is 4. The quantitative estimate of drug-likeness (QED) is 0.167. The van der Waals surface area contributed by atoms with Crippen LogP contribution in [-0.4, -0.2) is 14.1 Å². The lowest BCUT2D eigenvalue weighted by Gasteiger charge is -2.17. The van der Waals surface area contributed by atoms with Crippen LogP contribution < -0.4 is 0 Å². The average Bonchev–Trinajstić information content (AvgIpc) is 3.79. The van der Waals surface area contributed by atoms with Crippen LogP contribution in [0.5, 0.6) is 0 Å². The van der Waals surface area contributed by atoms with Gasteiger partial charge in [-0.3, -0.25) is 0 Å². The highest BCUT2D eigenvalue weighted by Crippen LogP contribution is 2.40. The smallest absolute Gasteiger partial charge is 0.0788 e. The average molecular weight is 712 g/mol. The van der Waals surface area contributed by atoms with Crippen molar-refractivity contribution in [1.29, 1.82) is 0 Å². The molecule has 3 heterocycles. The van der Waals surface area contributed by atoms with Crippen LogP contribution in [0, 0.1) is 0 Å². The van der Waals surface area contributed by atoms with Gasteiger partial charge >= 0.3 is 0 Å². The van der Waals surface area contributed by atoms with E-state index >= 15 is 0 Å². The Balaban J connectivity index is 1.14. The Morgan fingerprint density at radius 2 is 0.786 bits per heavy atom. The van der Waals surface area contributed by atoms with Gasteiger partial charge in [-0.15, -0.1) is 0 Å². The summed E-state index contributed by atoms with van der Waals surface area (Å²) in [6.45, 7) is 0. The molecule has 0 unspecified atom stereocenters. The summed E-state index contributed by atoms with van der Waals surface area (Å²) in [5, 5.41) is 11.0. The van der Waals surface area contributed by atoms with E-state index in [0.29, 0.717) is 0 Å². The van der Waals surface area contributed by atoms with E-state index < -0.39 is 0 Å². The van der Waals surface area contributed by atoms with Crippen LogP contribution in [0.25, 0.3) is 110 Å². The minimum Gasteiger partial charge on any atom is -0.309 e. The summed E-state index contributed by atoms with van der Waals surface area (Å²) in [7, 11) is 0. The third-order valence-corrected chi connectivity index (χ3v) is 11.6. The number of benzene rings is 9. The van der Waals surface area contributed by atoms with Crippen molar-refractivity contribution in [2.75, 3.05) is 0 Å². The maximum Gasteiger partial charge on any atom is 0.0788 e. The lowest BCUT2D eigenvalue weighted by Crippen LogP contribution is -2.00. The van der Waals surface area contributed by atoms with E-state index in [1.54, 1.807) is 0 Å². The number of fused-ring (bicyclic) bond motifs is 11. The third-order valence-electron chi connectivity index (χ3n) is 11.6. The molecule has 0 bridgehead atoms. The summed E-state index contributed by atoms with van der Waals surface area (Å²) in [5.41, 5.74) is 12.3. The number of hydrogen-bond acceptors (Lipinski definition) is 1. The Hall–Kier alpha value is -7.49. The molecule has 260 valence electrons. The fraction of sp³-hybridized carbons (Fsp3) is 0. The summed E-state index contributed by atoms with van der Waals surface area (Å²) in [4.78, 5) is 5.36. The lowest BCUT2D eigenvalue weighted by atomic mass is 9.94. The van der Waals surface area contributed by atoms with Gasteiger partial charge in [0.1, 0.15) is 0 Å². The molecule has 0 amide bonds. The zero-order valence-electron chi connectivity index (χ0n) is 30.4. The molecule has 9 aromatic carbocycles. The summed E-state index contributed by atoms with van der Waals surface area (Å²) in [6.07, 6.45) is 0. The molecule has 0 spiro atoms. The Labute approximate surface area is 322 Å². The van der Waals surface area contributed by atoms with E-state index in [1.807, 2.05) is 0 Å².